The van der Waals surface area contributed by atoms with Crippen molar-refractivity contribution in [2.45, 2.75) is 19.3 Å². The molecule has 0 N–H and O–H groups in total. The van der Waals surface area contributed by atoms with Gasteiger partial charge in [0.25, 0.3) is 0 Å². The molecular formula is C41H30N2. The second-order valence-corrected chi connectivity index (χ2v) is 12.3. The highest BCUT2D eigenvalue weighted by Crippen LogP contribution is 2.51. The van der Waals surface area contributed by atoms with Crippen molar-refractivity contribution in [2.75, 3.05) is 0 Å². The van der Waals surface area contributed by atoms with Crippen LogP contribution in [-0.4, -0.2) is 9.13 Å². The van der Waals surface area contributed by atoms with Crippen molar-refractivity contribution in [1.29, 1.82) is 0 Å². The molecule has 0 saturated heterocycles. The van der Waals surface area contributed by atoms with Crippen LogP contribution in [0.1, 0.15) is 25.1 Å². The molecule has 0 saturated carbocycles. The monoisotopic (exact) mass is 550 g/mol. The van der Waals surface area contributed by atoms with Crippen molar-refractivity contribution in [3.63, 3.8) is 0 Å². The first-order valence-corrected chi connectivity index (χ1v) is 15.0. The topological polar surface area (TPSA) is 9.86 Å². The third-order valence-corrected chi connectivity index (χ3v) is 9.42. The lowest BCUT2D eigenvalue weighted by molar-refractivity contribution is 0.647. The molecule has 6 aromatic carbocycles. The molecule has 43 heavy (non-hydrogen) atoms. The molecule has 3 heterocycles. The van der Waals surface area contributed by atoms with E-state index in [4.69, 9.17) is 0 Å². The maximum absolute atomic E-state index is 2.53. The first-order chi connectivity index (χ1) is 21.1. The fourth-order valence-corrected chi connectivity index (χ4v) is 7.45. The molecule has 0 spiro atoms. The molecule has 0 aliphatic carbocycles. The Labute approximate surface area is 251 Å². The van der Waals surface area contributed by atoms with E-state index in [1.54, 1.807) is 0 Å². The fraction of sp³-hybridized carbons (Fsp3) is 0.0732. The van der Waals surface area contributed by atoms with Crippen LogP contribution in [0.2, 0.25) is 0 Å². The van der Waals surface area contributed by atoms with Crippen LogP contribution >= 0.6 is 0 Å². The molecule has 1 aliphatic heterocycles. The Kier molecular flexibility index (Phi) is 4.99. The normalized spacial score (nSPS) is 13.5. The third kappa shape index (κ3) is 3.41. The number of benzene rings is 6. The number of rotatable bonds is 3. The summed E-state index contributed by atoms with van der Waals surface area (Å²) >= 11 is 0. The highest BCUT2D eigenvalue weighted by Gasteiger charge is 2.40. The van der Waals surface area contributed by atoms with Crippen LogP contribution in [0, 0.1) is 0 Å². The minimum atomic E-state index is -0.181. The smallest absolute Gasteiger partial charge is 0.0603 e. The van der Waals surface area contributed by atoms with E-state index in [2.05, 4.69) is 169 Å². The van der Waals surface area contributed by atoms with Crippen LogP contribution in [0.25, 0.3) is 66.3 Å². The van der Waals surface area contributed by atoms with E-state index in [1.807, 2.05) is 0 Å². The van der Waals surface area contributed by atoms with Gasteiger partial charge in [0.1, 0.15) is 0 Å². The van der Waals surface area contributed by atoms with Gasteiger partial charge in [0.2, 0.25) is 0 Å². The van der Waals surface area contributed by atoms with E-state index in [0.29, 0.717) is 0 Å². The Morgan fingerprint density at radius 1 is 0.465 bits per heavy atom. The molecule has 204 valence electrons. The van der Waals surface area contributed by atoms with Gasteiger partial charge in [-0.15, -0.1) is 0 Å². The van der Waals surface area contributed by atoms with Crippen molar-refractivity contribution in [3.8, 4) is 33.6 Å². The van der Waals surface area contributed by atoms with E-state index in [-0.39, 0.29) is 5.41 Å². The average Bonchev–Trinajstić information content (AvgIpc) is 3.68. The summed E-state index contributed by atoms with van der Waals surface area (Å²) in [5.74, 6) is 0. The predicted molar refractivity (Wildman–Crippen MR) is 181 cm³/mol. The van der Waals surface area contributed by atoms with Gasteiger partial charge in [-0.05, 0) is 64.7 Å². The van der Waals surface area contributed by atoms with Gasteiger partial charge in [0.15, 0.2) is 0 Å². The molecule has 0 fully saturated rings. The summed E-state index contributed by atoms with van der Waals surface area (Å²) in [7, 11) is 0. The Bertz CT molecular complexity index is 2290. The first-order valence-electron chi connectivity index (χ1n) is 15.0. The Balaban J connectivity index is 1.42. The van der Waals surface area contributed by atoms with E-state index < -0.39 is 0 Å². The SMILES string of the molecule is CC1(C)c2c(ccc3c4ccccc4n(-c4cc(-c5ccccc5)cc(-c5ccccc5)c4)c23)-n2c1cc1ccccc12. The van der Waals surface area contributed by atoms with Gasteiger partial charge >= 0.3 is 0 Å². The summed E-state index contributed by atoms with van der Waals surface area (Å²) in [6.45, 7) is 4.78. The maximum atomic E-state index is 2.53. The zero-order valence-electron chi connectivity index (χ0n) is 24.3. The van der Waals surface area contributed by atoms with Gasteiger partial charge in [0, 0.05) is 38.5 Å². The molecule has 2 heteroatoms. The van der Waals surface area contributed by atoms with Gasteiger partial charge in [0.05, 0.1) is 22.2 Å². The van der Waals surface area contributed by atoms with E-state index >= 15 is 0 Å². The van der Waals surface area contributed by atoms with E-state index in [9.17, 15) is 0 Å². The fourth-order valence-electron chi connectivity index (χ4n) is 7.45. The molecule has 2 aromatic heterocycles. The Morgan fingerprint density at radius 2 is 1.07 bits per heavy atom. The molecular weight excluding hydrogens is 520 g/mol. The number of para-hydroxylation sites is 2. The summed E-state index contributed by atoms with van der Waals surface area (Å²) in [6, 6.07) is 53.3. The van der Waals surface area contributed by atoms with Gasteiger partial charge in [-0.3, -0.25) is 0 Å². The maximum Gasteiger partial charge on any atom is 0.0603 e. The van der Waals surface area contributed by atoms with Crippen molar-refractivity contribution in [2.24, 2.45) is 0 Å². The van der Waals surface area contributed by atoms with Crippen LogP contribution in [0.15, 0.2) is 146 Å². The lowest BCUT2D eigenvalue weighted by Gasteiger charge is -2.22. The molecule has 0 amide bonds. The number of hydrogen-bond donors (Lipinski definition) is 0. The molecule has 1 aliphatic rings. The highest BCUT2D eigenvalue weighted by atomic mass is 15.1. The molecule has 2 nitrogen and oxygen atoms in total. The largest absolute Gasteiger partial charge is 0.312 e. The summed E-state index contributed by atoms with van der Waals surface area (Å²) in [6.07, 6.45) is 0. The lowest BCUT2D eigenvalue weighted by atomic mass is 9.82. The van der Waals surface area contributed by atoms with Crippen molar-refractivity contribution < 1.29 is 0 Å². The van der Waals surface area contributed by atoms with Crippen LogP contribution in [0.3, 0.4) is 0 Å². The predicted octanol–water partition coefficient (Wildman–Crippen LogP) is 10.7. The quantitative estimate of drug-likeness (QED) is 0.207. The molecule has 0 bridgehead atoms. The number of fused-ring (bicyclic) bond motifs is 9. The van der Waals surface area contributed by atoms with Crippen LogP contribution in [0.5, 0.6) is 0 Å². The standard InChI is InChI=1S/C41H30N2/c1-41(2)38-26-29-17-9-11-19-35(29)43(38)37-22-21-34-33-18-10-12-20-36(33)42(40(34)39(37)41)32-24-30(27-13-5-3-6-14-27)23-31(25-32)28-15-7-4-8-16-28/h3-26H,1-2H3. The van der Waals surface area contributed by atoms with Crippen LogP contribution in [-0.2, 0) is 5.41 Å². The third-order valence-electron chi connectivity index (χ3n) is 9.42. The summed E-state index contributed by atoms with van der Waals surface area (Å²) in [5.41, 5.74) is 13.7. The van der Waals surface area contributed by atoms with Gasteiger partial charge < -0.3 is 9.13 Å². The van der Waals surface area contributed by atoms with Crippen LogP contribution in [0.4, 0.5) is 0 Å². The summed E-state index contributed by atoms with van der Waals surface area (Å²) in [5, 5.41) is 3.87. The zero-order valence-corrected chi connectivity index (χ0v) is 24.3. The molecule has 0 atom stereocenters. The minimum Gasteiger partial charge on any atom is -0.312 e. The molecule has 0 unspecified atom stereocenters. The zero-order chi connectivity index (χ0) is 28.7. The Morgan fingerprint density at radius 3 is 1.77 bits per heavy atom. The molecule has 0 radical (unpaired) electrons. The van der Waals surface area contributed by atoms with E-state index in [1.165, 1.54) is 77.6 Å². The lowest BCUT2D eigenvalue weighted by Crippen LogP contribution is -2.16. The van der Waals surface area contributed by atoms with Gasteiger partial charge in [-0.2, -0.15) is 0 Å². The van der Waals surface area contributed by atoms with Gasteiger partial charge in [-0.25, -0.2) is 0 Å². The van der Waals surface area contributed by atoms with Crippen LogP contribution < -0.4 is 0 Å². The number of hydrogen-bond acceptors (Lipinski definition) is 0. The van der Waals surface area contributed by atoms with Crippen molar-refractivity contribution in [3.05, 3.63) is 157 Å². The van der Waals surface area contributed by atoms with Crippen molar-refractivity contribution >= 4 is 32.7 Å². The minimum absolute atomic E-state index is 0.181. The summed E-state index contributed by atoms with van der Waals surface area (Å²) < 4.78 is 5.01. The Hall–Kier alpha value is -5.34. The second kappa shape index (κ2) is 8.83. The number of nitrogens with zero attached hydrogens (tertiary/aromatic N) is 2. The molecule has 9 rings (SSSR count). The van der Waals surface area contributed by atoms with Crippen molar-refractivity contribution in [1.82, 2.24) is 9.13 Å². The van der Waals surface area contributed by atoms with Gasteiger partial charge in [-0.1, -0.05) is 117 Å². The average molecular weight is 551 g/mol. The molecule has 8 aromatic rings. The highest BCUT2D eigenvalue weighted by molar-refractivity contribution is 6.12. The number of aromatic nitrogens is 2. The first kappa shape index (κ1) is 24.3. The van der Waals surface area contributed by atoms with E-state index in [0.717, 1.165) is 0 Å². The summed E-state index contributed by atoms with van der Waals surface area (Å²) in [4.78, 5) is 0. The second-order valence-electron chi connectivity index (χ2n) is 12.3.